The van der Waals surface area contributed by atoms with Crippen LogP contribution in [0.25, 0.3) is 0 Å². The standard InChI is InChI=1S/C13H15NO3/c15-13(14-6-1-2-7-17-14)11-3-4-12-10(9-11)5-8-16-12/h3-4,9H,1-2,5-8H2. The topological polar surface area (TPSA) is 38.8 Å². The van der Waals surface area contributed by atoms with E-state index in [1.54, 1.807) is 0 Å². The first-order valence-electron chi connectivity index (χ1n) is 6.05. The molecule has 0 atom stereocenters. The van der Waals surface area contributed by atoms with E-state index in [0.717, 1.165) is 30.6 Å². The number of benzene rings is 1. The molecule has 0 saturated carbocycles. The molecule has 0 spiro atoms. The average Bonchev–Trinajstić information content (AvgIpc) is 2.86. The van der Waals surface area contributed by atoms with Gasteiger partial charge in [-0.1, -0.05) is 0 Å². The molecule has 1 amide bonds. The predicted octanol–water partition coefficient (Wildman–Crippen LogP) is 1.79. The van der Waals surface area contributed by atoms with Crippen LogP contribution in [0.5, 0.6) is 5.75 Å². The summed E-state index contributed by atoms with van der Waals surface area (Å²) in [5.74, 6) is 0.862. The van der Waals surface area contributed by atoms with Gasteiger partial charge in [0.2, 0.25) is 0 Å². The Balaban J connectivity index is 1.81. The lowest BCUT2D eigenvalue weighted by atomic mass is 10.1. The summed E-state index contributed by atoms with van der Waals surface area (Å²) in [5, 5.41) is 1.47. The van der Waals surface area contributed by atoms with Gasteiger partial charge in [0, 0.05) is 18.5 Å². The maximum Gasteiger partial charge on any atom is 0.277 e. The number of rotatable bonds is 1. The van der Waals surface area contributed by atoms with E-state index in [-0.39, 0.29) is 5.91 Å². The highest BCUT2D eigenvalue weighted by Gasteiger charge is 2.21. The van der Waals surface area contributed by atoms with Gasteiger partial charge < -0.3 is 4.74 Å². The lowest BCUT2D eigenvalue weighted by Crippen LogP contribution is -2.35. The van der Waals surface area contributed by atoms with Crippen molar-refractivity contribution in [3.8, 4) is 5.75 Å². The Kier molecular flexibility index (Phi) is 2.73. The zero-order chi connectivity index (χ0) is 11.7. The molecule has 2 aliphatic rings. The Morgan fingerprint density at radius 2 is 2.18 bits per heavy atom. The van der Waals surface area contributed by atoms with E-state index in [0.29, 0.717) is 25.3 Å². The van der Waals surface area contributed by atoms with Crippen molar-refractivity contribution in [1.29, 1.82) is 0 Å². The average molecular weight is 233 g/mol. The van der Waals surface area contributed by atoms with Crippen LogP contribution in [0.2, 0.25) is 0 Å². The number of hydroxylamine groups is 2. The number of carbonyl (C=O) groups is 1. The largest absolute Gasteiger partial charge is 0.493 e. The number of hydrogen-bond donors (Lipinski definition) is 0. The molecule has 0 N–H and O–H groups in total. The monoisotopic (exact) mass is 233 g/mol. The number of hydrogen-bond acceptors (Lipinski definition) is 3. The van der Waals surface area contributed by atoms with Gasteiger partial charge >= 0.3 is 0 Å². The lowest BCUT2D eigenvalue weighted by molar-refractivity contribution is -0.144. The van der Waals surface area contributed by atoms with Gasteiger partial charge in [-0.05, 0) is 36.6 Å². The lowest BCUT2D eigenvalue weighted by Gasteiger charge is -2.25. The van der Waals surface area contributed by atoms with Crippen molar-refractivity contribution in [2.45, 2.75) is 19.3 Å². The summed E-state index contributed by atoms with van der Waals surface area (Å²) in [7, 11) is 0. The molecule has 1 fully saturated rings. The second-order valence-electron chi connectivity index (χ2n) is 4.37. The second-order valence-corrected chi connectivity index (χ2v) is 4.37. The summed E-state index contributed by atoms with van der Waals surface area (Å²) < 4.78 is 5.42. The molecule has 4 nitrogen and oxygen atoms in total. The Morgan fingerprint density at radius 1 is 1.24 bits per heavy atom. The Labute approximate surface area is 100 Å². The molecule has 0 radical (unpaired) electrons. The molecule has 90 valence electrons. The van der Waals surface area contributed by atoms with Crippen LogP contribution < -0.4 is 4.74 Å². The number of amides is 1. The SMILES string of the molecule is O=C(c1ccc2c(c1)CCO2)N1CCCCO1. The quantitative estimate of drug-likeness (QED) is 0.742. The van der Waals surface area contributed by atoms with Crippen molar-refractivity contribution < 1.29 is 14.4 Å². The van der Waals surface area contributed by atoms with E-state index in [1.165, 1.54) is 5.06 Å². The molecule has 1 saturated heterocycles. The third-order valence-electron chi connectivity index (χ3n) is 3.17. The smallest absolute Gasteiger partial charge is 0.277 e. The summed E-state index contributed by atoms with van der Waals surface area (Å²) in [5.41, 5.74) is 1.81. The van der Waals surface area contributed by atoms with Crippen LogP contribution in [0, 0.1) is 0 Å². The number of ether oxygens (including phenoxy) is 1. The Bertz CT molecular complexity index is 438. The van der Waals surface area contributed by atoms with Crippen LogP contribution >= 0.6 is 0 Å². The molecule has 2 aliphatic heterocycles. The molecule has 0 aromatic heterocycles. The van der Waals surface area contributed by atoms with E-state index in [1.807, 2.05) is 18.2 Å². The van der Waals surface area contributed by atoms with Crippen LogP contribution in [0.4, 0.5) is 0 Å². The zero-order valence-electron chi connectivity index (χ0n) is 9.65. The minimum atomic E-state index is -0.0422. The Morgan fingerprint density at radius 3 is 3.00 bits per heavy atom. The fourth-order valence-corrected chi connectivity index (χ4v) is 2.22. The van der Waals surface area contributed by atoms with E-state index < -0.39 is 0 Å². The number of nitrogens with zero attached hydrogens (tertiary/aromatic N) is 1. The summed E-state index contributed by atoms with van der Waals surface area (Å²) in [6.07, 6.45) is 2.93. The van der Waals surface area contributed by atoms with E-state index in [4.69, 9.17) is 9.57 Å². The fraction of sp³-hybridized carbons (Fsp3) is 0.462. The molecule has 0 bridgehead atoms. The summed E-state index contributed by atoms with van der Waals surface area (Å²) in [4.78, 5) is 17.5. The molecular formula is C13H15NO3. The van der Waals surface area contributed by atoms with E-state index in [2.05, 4.69) is 0 Å². The first-order valence-corrected chi connectivity index (χ1v) is 6.05. The van der Waals surface area contributed by atoms with Crippen LogP contribution in [-0.4, -0.2) is 30.7 Å². The molecule has 3 rings (SSSR count). The van der Waals surface area contributed by atoms with Crippen molar-refractivity contribution in [1.82, 2.24) is 5.06 Å². The maximum absolute atomic E-state index is 12.2. The molecule has 0 unspecified atom stereocenters. The van der Waals surface area contributed by atoms with Gasteiger partial charge in [0.25, 0.3) is 5.91 Å². The maximum atomic E-state index is 12.2. The van der Waals surface area contributed by atoms with Gasteiger partial charge in [0.05, 0.1) is 13.2 Å². The molecule has 17 heavy (non-hydrogen) atoms. The predicted molar refractivity (Wildman–Crippen MR) is 61.9 cm³/mol. The molecule has 4 heteroatoms. The first kappa shape index (κ1) is 10.6. The highest BCUT2D eigenvalue weighted by atomic mass is 16.7. The van der Waals surface area contributed by atoms with E-state index in [9.17, 15) is 4.79 Å². The van der Waals surface area contributed by atoms with Crippen molar-refractivity contribution in [3.63, 3.8) is 0 Å². The van der Waals surface area contributed by atoms with Crippen LogP contribution in [0.15, 0.2) is 18.2 Å². The summed E-state index contributed by atoms with van der Waals surface area (Å²) in [6, 6.07) is 5.60. The summed E-state index contributed by atoms with van der Waals surface area (Å²) in [6.45, 7) is 2.04. The highest BCUT2D eigenvalue weighted by Crippen LogP contribution is 2.26. The highest BCUT2D eigenvalue weighted by molar-refractivity contribution is 5.94. The van der Waals surface area contributed by atoms with Crippen molar-refractivity contribution in [2.75, 3.05) is 19.8 Å². The third-order valence-corrected chi connectivity index (χ3v) is 3.17. The number of fused-ring (bicyclic) bond motifs is 1. The van der Waals surface area contributed by atoms with Crippen LogP contribution in [0.1, 0.15) is 28.8 Å². The van der Waals surface area contributed by atoms with Crippen molar-refractivity contribution in [3.05, 3.63) is 29.3 Å². The fourth-order valence-electron chi connectivity index (χ4n) is 2.22. The van der Waals surface area contributed by atoms with Crippen molar-refractivity contribution >= 4 is 5.91 Å². The molecule has 1 aromatic rings. The van der Waals surface area contributed by atoms with Crippen LogP contribution in [-0.2, 0) is 11.3 Å². The second kappa shape index (κ2) is 4.37. The minimum absolute atomic E-state index is 0.0422. The summed E-state index contributed by atoms with van der Waals surface area (Å²) >= 11 is 0. The van der Waals surface area contributed by atoms with E-state index >= 15 is 0 Å². The molecule has 2 heterocycles. The van der Waals surface area contributed by atoms with Crippen LogP contribution in [0.3, 0.4) is 0 Å². The number of carbonyl (C=O) groups excluding carboxylic acids is 1. The zero-order valence-corrected chi connectivity index (χ0v) is 9.65. The minimum Gasteiger partial charge on any atom is -0.493 e. The van der Waals surface area contributed by atoms with Gasteiger partial charge in [-0.15, -0.1) is 0 Å². The van der Waals surface area contributed by atoms with Gasteiger partial charge in [-0.2, -0.15) is 0 Å². The first-order chi connectivity index (χ1) is 8.34. The van der Waals surface area contributed by atoms with Gasteiger partial charge in [0.1, 0.15) is 5.75 Å². The molecule has 1 aromatic carbocycles. The third kappa shape index (κ3) is 2.00. The Hall–Kier alpha value is -1.55. The van der Waals surface area contributed by atoms with Crippen molar-refractivity contribution in [2.24, 2.45) is 0 Å². The van der Waals surface area contributed by atoms with Gasteiger partial charge in [0.15, 0.2) is 0 Å². The van der Waals surface area contributed by atoms with Gasteiger partial charge in [-0.3, -0.25) is 9.63 Å². The molecule has 0 aliphatic carbocycles. The molecular weight excluding hydrogens is 218 g/mol. The van der Waals surface area contributed by atoms with Gasteiger partial charge in [-0.25, -0.2) is 5.06 Å². The normalized spacial score (nSPS) is 18.7.